The van der Waals surface area contributed by atoms with E-state index in [0.717, 1.165) is 17.7 Å². The van der Waals surface area contributed by atoms with E-state index in [0.29, 0.717) is 18.8 Å². The molecule has 4 N–H and O–H groups in total. The van der Waals surface area contributed by atoms with Gasteiger partial charge in [-0.15, -0.1) is 0 Å². The molecule has 0 bridgehead atoms. The van der Waals surface area contributed by atoms with Crippen molar-refractivity contribution in [1.82, 2.24) is 15.5 Å². The first-order chi connectivity index (χ1) is 11.9. The SMILES string of the molecule is CC(C)(C)C1CCC2(CC1)NC(=O)N(CC(=O)NCC(F)(F)CN)C2=O. The highest BCUT2D eigenvalue weighted by atomic mass is 19.3. The second-order valence-electron chi connectivity index (χ2n) is 8.38. The van der Waals surface area contributed by atoms with E-state index in [1.807, 2.05) is 5.32 Å². The number of halogens is 2. The van der Waals surface area contributed by atoms with Crippen molar-refractivity contribution in [3.8, 4) is 0 Å². The van der Waals surface area contributed by atoms with Crippen molar-refractivity contribution in [1.29, 1.82) is 0 Å². The first-order valence-electron chi connectivity index (χ1n) is 8.89. The maximum atomic E-state index is 13.1. The van der Waals surface area contributed by atoms with Crippen LogP contribution in [0.4, 0.5) is 13.6 Å². The second-order valence-corrected chi connectivity index (χ2v) is 8.38. The van der Waals surface area contributed by atoms with Gasteiger partial charge in [-0.05, 0) is 37.0 Å². The number of nitrogens with zero attached hydrogens (tertiary/aromatic N) is 1. The summed E-state index contributed by atoms with van der Waals surface area (Å²) in [6.45, 7) is 4.06. The molecule has 2 aliphatic rings. The van der Waals surface area contributed by atoms with E-state index < -0.39 is 48.9 Å². The van der Waals surface area contributed by atoms with Crippen molar-refractivity contribution in [2.24, 2.45) is 17.1 Å². The zero-order chi connectivity index (χ0) is 19.8. The number of nitrogens with one attached hydrogen (secondary N) is 2. The van der Waals surface area contributed by atoms with Gasteiger partial charge in [-0.25, -0.2) is 13.6 Å². The summed E-state index contributed by atoms with van der Waals surface area (Å²) in [5.41, 5.74) is 4.06. The molecule has 2 rings (SSSR count). The number of hydrogen-bond acceptors (Lipinski definition) is 4. The summed E-state index contributed by atoms with van der Waals surface area (Å²) in [5, 5.41) is 4.74. The van der Waals surface area contributed by atoms with Crippen molar-refractivity contribution >= 4 is 17.8 Å². The van der Waals surface area contributed by atoms with Gasteiger partial charge in [0, 0.05) is 0 Å². The molecule has 1 saturated carbocycles. The molecule has 1 aliphatic carbocycles. The Kier molecular flexibility index (Phi) is 5.60. The molecule has 1 heterocycles. The highest BCUT2D eigenvalue weighted by molar-refractivity contribution is 6.09. The molecule has 26 heavy (non-hydrogen) atoms. The Labute approximate surface area is 152 Å². The quantitative estimate of drug-likeness (QED) is 0.630. The Balaban J connectivity index is 1.96. The highest BCUT2D eigenvalue weighted by Crippen LogP contribution is 2.43. The second kappa shape index (κ2) is 7.09. The van der Waals surface area contributed by atoms with Gasteiger partial charge in [0.2, 0.25) is 5.91 Å². The van der Waals surface area contributed by atoms with Gasteiger partial charge in [0.05, 0.1) is 13.1 Å². The summed E-state index contributed by atoms with van der Waals surface area (Å²) in [6.07, 6.45) is 2.64. The number of urea groups is 1. The van der Waals surface area contributed by atoms with Crippen LogP contribution in [-0.2, 0) is 9.59 Å². The Bertz CT molecular complexity index is 581. The number of hydrogen-bond donors (Lipinski definition) is 3. The van der Waals surface area contributed by atoms with Crippen LogP contribution in [0, 0.1) is 11.3 Å². The molecule has 0 aromatic rings. The number of rotatable bonds is 5. The van der Waals surface area contributed by atoms with E-state index in [4.69, 9.17) is 5.73 Å². The minimum absolute atomic E-state index is 0.126. The van der Waals surface area contributed by atoms with Gasteiger partial charge in [-0.1, -0.05) is 20.8 Å². The smallest absolute Gasteiger partial charge is 0.325 e. The van der Waals surface area contributed by atoms with Crippen LogP contribution < -0.4 is 16.4 Å². The number of carbonyl (C=O) groups is 3. The molecule has 2 fully saturated rings. The van der Waals surface area contributed by atoms with Crippen molar-refractivity contribution in [3.63, 3.8) is 0 Å². The molecule has 1 spiro atoms. The van der Waals surface area contributed by atoms with E-state index in [-0.39, 0.29) is 5.41 Å². The molecule has 9 heteroatoms. The van der Waals surface area contributed by atoms with Gasteiger partial charge in [-0.2, -0.15) is 0 Å². The van der Waals surface area contributed by atoms with Gasteiger partial charge in [0.15, 0.2) is 0 Å². The monoisotopic (exact) mass is 374 g/mol. The number of nitrogens with two attached hydrogens (primary N) is 1. The predicted octanol–water partition coefficient (Wildman–Crippen LogP) is 1.22. The van der Waals surface area contributed by atoms with E-state index >= 15 is 0 Å². The molecule has 7 nitrogen and oxygen atoms in total. The zero-order valence-electron chi connectivity index (χ0n) is 15.5. The van der Waals surface area contributed by atoms with Crippen LogP contribution in [0.1, 0.15) is 46.5 Å². The number of amides is 4. The lowest BCUT2D eigenvalue weighted by molar-refractivity contribution is -0.136. The average Bonchev–Trinajstić information content (AvgIpc) is 2.77. The first-order valence-corrected chi connectivity index (χ1v) is 8.89. The van der Waals surface area contributed by atoms with Crippen LogP contribution in [0.2, 0.25) is 0 Å². The van der Waals surface area contributed by atoms with Gasteiger partial charge >= 0.3 is 6.03 Å². The average molecular weight is 374 g/mol. The minimum Gasteiger partial charge on any atom is -0.348 e. The topological polar surface area (TPSA) is 105 Å². The summed E-state index contributed by atoms with van der Waals surface area (Å²) < 4.78 is 26.2. The Morgan fingerprint density at radius 2 is 1.88 bits per heavy atom. The molecular weight excluding hydrogens is 346 g/mol. The Morgan fingerprint density at radius 3 is 2.38 bits per heavy atom. The maximum absolute atomic E-state index is 13.1. The van der Waals surface area contributed by atoms with E-state index in [1.165, 1.54) is 0 Å². The van der Waals surface area contributed by atoms with Crippen LogP contribution >= 0.6 is 0 Å². The third kappa shape index (κ3) is 4.31. The van der Waals surface area contributed by atoms with Crippen LogP contribution in [0.5, 0.6) is 0 Å². The van der Waals surface area contributed by atoms with Gasteiger partial charge < -0.3 is 16.4 Å². The summed E-state index contributed by atoms with van der Waals surface area (Å²) in [7, 11) is 0. The third-order valence-electron chi connectivity index (χ3n) is 5.45. The van der Waals surface area contributed by atoms with Crippen molar-refractivity contribution < 1.29 is 23.2 Å². The molecule has 1 aliphatic heterocycles. The molecular formula is C17H28F2N4O3. The molecule has 0 unspecified atom stereocenters. The van der Waals surface area contributed by atoms with Crippen LogP contribution in [0.3, 0.4) is 0 Å². The molecule has 148 valence electrons. The Morgan fingerprint density at radius 1 is 1.31 bits per heavy atom. The van der Waals surface area contributed by atoms with Crippen molar-refractivity contribution in [2.45, 2.75) is 57.9 Å². The number of alkyl halides is 2. The van der Waals surface area contributed by atoms with E-state index in [1.54, 1.807) is 0 Å². The lowest BCUT2D eigenvalue weighted by Crippen LogP contribution is -2.51. The lowest BCUT2D eigenvalue weighted by atomic mass is 9.67. The van der Waals surface area contributed by atoms with Gasteiger partial charge in [0.25, 0.3) is 11.8 Å². The van der Waals surface area contributed by atoms with Gasteiger partial charge in [-0.3, -0.25) is 14.5 Å². The largest absolute Gasteiger partial charge is 0.348 e. The molecule has 0 atom stereocenters. The third-order valence-corrected chi connectivity index (χ3v) is 5.45. The standard InChI is InChI=1S/C17H28F2N4O3/c1-15(2,3)11-4-6-16(7-5-11)13(25)23(14(26)22-16)8-12(24)21-10-17(18,19)9-20/h11H,4-10,20H2,1-3H3,(H,21,24)(H,22,26). The normalized spacial score (nSPS) is 27.0. The molecule has 0 aromatic heterocycles. The fraction of sp³-hybridized carbons (Fsp3) is 0.824. The van der Waals surface area contributed by atoms with Gasteiger partial charge in [0.1, 0.15) is 12.1 Å². The molecule has 0 radical (unpaired) electrons. The lowest BCUT2D eigenvalue weighted by Gasteiger charge is -2.40. The summed E-state index contributed by atoms with van der Waals surface area (Å²) in [5.74, 6) is -4.04. The predicted molar refractivity (Wildman–Crippen MR) is 91.4 cm³/mol. The fourth-order valence-corrected chi connectivity index (χ4v) is 3.63. The van der Waals surface area contributed by atoms with Crippen LogP contribution in [0.25, 0.3) is 0 Å². The van der Waals surface area contributed by atoms with E-state index in [2.05, 4.69) is 26.1 Å². The number of imide groups is 1. The summed E-state index contributed by atoms with van der Waals surface area (Å²) in [4.78, 5) is 37.6. The number of carbonyl (C=O) groups excluding carboxylic acids is 3. The summed E-state index contributed by atoms with van der Waals surface area (Å²) in [6, 6.07) is -0.648. The van der Waals surface area contributed by atoms with E-state index in [9.17, 15) is 23.2 Å². The first kappa shape index (κ1) is 20.5. The van der Waals surface area contributed by atoms with Crippen molar-refractivity contribution in [3.05, 3.63) is 0 Å². The zero-order valence-corrected chi connectivity index (χ0v) is 15.5. The Hall–Kier alpha value is -1.77. The van der Waals surface area contributed by atoms with Crippen LogP contribution in [-0.4, -0.2) is 53.8 Å². The molecule has 0 aromatic carbocycles. The van der Waals surface area contributed by atoms with Crippen molar-refractivity contribution in [2.75, 3.05) is 19.6 Å². The van der Waals surface area contributed by atoms with Crippen LogP contribution in [0.15, 0.2) is 0 Å². The molecule has 1 saturated heterocycles. The molecule has 4 amide bonds. The highest BCUT2D eigenvalue weighted by Gasteiger charge is 2.53. The minimum atomic E-state index is -3.22. The fourth-order valence-electron chi connectivity index (χ4n) is 3.63. The maximum Gasteiger partial charge on any atom is 0.325 e. The summed E-state index contributed by atoms with van der Waals surface area (Å²) >= 11 is 0.